The quantitative estimate of drug-likeness (QED) is 0.449. The van der Waals surface area contributed by atoms with Gasteiger partial charge in [-0.15, -0.1) is 0 Å². The number of carbonyl (C=O) groups excluding carboxylic acids is 2. The first kappa shape index (κ1) is 25.8. The normalized spacial score (nSPS) is 10.9. The Kier molecular flexibility index (Phi) is 8.48. The van der Waals surface area contributed by atoms with Gasteiger partial charge in [0.25, 0.3) is 5.91 Å². The average Bonchev–Trinajstić information content (AvgIpc) is 2.83. The number of rotatable bonds is 10. The van der Waals surface area contributed by atoms with Gasteiger partial charge in [-0.1, -0.05) is 48.5 Å². The highest BCUT2D eigenvalue weighted by atomic mass is 32.2. The summed E-state index contributed by atoms with van der Waals surface area (Å²) in [6.07, 6.45) is 1.69. The number of hydrogen-bond donors (Lipinski definition) is 2. The Hall–Kier alpha value is -3.85. The van der Waals surface area contributed by atoms with Gasteiger partial charge in [-0.2, -0.15) is 0 Å². The molecule has 8 nitrogen and oxygen atoms in total. The Morgan fingerprint density at radius 1 is 0.971 bits per heavy atom. The summed E-state index contributed by atoms with van der Waals surface area (Å²) in [5.41, 5.74) is 2.75. The smallest absolute Gasteiger partial charge is 0.253 e. The second kappa shape index (κ2) is 11.5. The van der Waals surface area contributed by atoms with Gasteiger partial charge in [-0.3, -0.25) is 13.9 Å². The number of nitrogens with one attached hydrogen (secondary N) is 2. The molecule has 0 unspecified atom stereocenters. The molecule has 0 aliphatic rings. The zero-order valence-electron chi connectivity index (χ0n) is 19.9. The Morgan fingerprint density at radius 3 is 2.34 bits per heavy atom. The van der Waals surface area contributed by atoms with Crippen LogP contribution in [0.4, 0.5) is 11.4 Å². The predicted molar refractivity (Wildman–Crippen MR) is 137 cm³/mol. The lowest BCUT2D eigenvalue weighted by Crippen LogP contribution is -2.38. The second-order valence-electron chi connectivity index (χ2n) is 8.03. The molecular weight excluding hydrogens is 466 g/mol. The fourth-order valence-corrected chi connectivity index (χ4v) is 4.40. The van der Waals surface area contributed by atoms with Gasteiger partial charge >= 0.3 is 0 Å². The number of para-hydroxylation sites is 1. The van der Waals surface area contributed by atoms with E-state index in [0.29, 0.717) is 24.4 Å². The molecule has 9 heteroatoms. The molecule has 3 aromatic rings. The van der Waals surface area contributed by atoms with E-state index in [1.807, 2.05) is 37.3 Å². The van der Waals surface area contributed by atoms with E-state index >= 15 is 0 Å². The number of sulfonamides is 1. The zero-order valence-corrected chi connectivity index (χ0v) is 20.8. The van der Waals surface area contributed by atoms with Gasteiger partial charge in [0.05, 0.1) is 30.3 Å². The summed E-state index contributed by atoms with van der Waals surface area (Å²) in [5.74, 6) is -0.604. The number of aryl methyl sites for hydroxylation is 1. The third-order valence-electron chi connectivity index (χ3n) is 5.28. The summed E-state index contributed by atoms with van der Waals surface area (Å²) in [4.78, 5) is 25.7. The molecule has 3 aromatic carbocycles. The van der Waals surface area contributed by atoms with E-state index in [1.54, 1.807) is 42.5 Å². The van der Waals surface area contributed by atoms with Crippen molar-refractivity contribution in [2.75, 3.05) is 36.1 Å². The van der Waals surface area contributed by atoms with Gasteiger partial charge in [-0.25, -0.2) is 8.42 Å². The van der Waals surface area contributed by atoms with Gasteiger partial charge < -0.3 is 15.4 Å². The average molecular weight is 496 g/mol. The third kappa shape index (κ3) is 7.07. The molecule has 0 bridgehead atoms. The highest BCUT2D eigenvalue weighted by Crippen LogP contribution is 2.31. The number of ether oxygens (including phenoxy) is 1. The minimum atomic E-state index is -3.81. The summed E-state index contributed by atoms with van der Waals surface area (Å²) >= 11 is 0. The van der Waals surface area contributed by atoms with E-state index in [1.165, 1.54) is 7.11 Å². The van der Waals surface area contributed by atoms with Crippen molar-refractivity contribution in [2.24, 2.45) is 0 Å². The molecule has 2 N–H and O–H groups in total. The fraction of sp³-hybridized carbons (Fsp3) is 0.231. The van der Waals surface area contributed by atoms with E-state index in [2.05, 4.69) is 10.6 Å². The zero-order chi connectivity index (χ0) is 25.4. The molecular formula is C26H29N3O5S. The molecule has 0 atom stereocenters. The molecule has 0 radical (unpaired) electrons. The monoisotopic (exact) mass is 495 g/mol. The van der Waals surface area contributed by atoms with E-state index in [-0.39, 0.29) is 17.2 Å². The standard InChI is InChI=1S/C26H29N3O5S/c1-19-13-14-24(34-2)23(17-19)29(35(3,32)33)18-25(30)28-22-12-8-7-11-21(22)26(31)27-16-15-20-9-5-4-6-10-20/h4-14,17H,15-16,18H2,1-3H3,(H,27,31)(H,28,30). The van der Waals surface area contributed by atoms with E-state index in [4.69, 9.17) is 4.74 Å². The van der Waals surface area contributed by atoms with Crippen molar-refractivity contribution in [2.45, 2.75) is 13.3 Å². The van der Waals surface area contributed by atoms with Gasteiger partial charge in [0.15, 0.2) is 0 Å². The number of hydrogen-bond acceptors (Lipinski definition) is 5. The number of benzene rings is 3. The maximum atomic E-state index is 12.9. The van der Waals surface area contributed by atoms with E-state index in [0.717, 1.165) is 21.7 Å². The number of anilines is 2. The van der Waals surface area contributed by atoms with Crippen molar-refractivity contribution in [3.8, 4) is 5.75 Å². The maximum Gasteiger partial charge on any atom is 0.253 e. The first-order chi connectivity index (χ1) is 16.7. The van der Waals surface area contributed by atoms with Crippen molar-refractivity contribution in [3.05, 3.63) is 89.5 Å². The Balaban J connectivity index is 1.73. The SMILES string of the molecule is COc1ccc(C)cc1N(CC(=O)Nc1ccccc1C(=O)NCCc1ccccc1)S(C)(=O)=O. The lowest BCUT2D eigenvalue weighted by atomic mass is 10.1. The molecule has 0 spiro atoms. The van der Waals surface area contributed by atoms with Crippen LogP contribution in [0.25, 0.3) is 0 Å². The Morgan fingerprint density at radius 2 is 1.66 bits per heavy atom. The molecule has 35 heavy (non-hydrogen) atoms. The van der Waals surface area contributed by atoms with E-state index < -0.39 is 22.5 Å². The van der Waals surface area contributed by atoms with Gasteiger partial charge in [0.2, 0.25) is 15.9 Å². The van der Waals surface area contributed by atoms with Crippen LogP contribution in [0.2, 0.25) is 0 Å². The lowest BCUT2D eigenvalue weighted by molar-refractivity contribution is -0.114. The minimum Gasteiger partial charge on any atom is -0.495 e. The van der Waals surface area contributed by atoms with Gasteiger partial charge in [0.1, 0.15) is 12.3 Å². The molecule has 0 fully saturated rings. The van der Waals surface area contributed by atoms with Crippen molar-refractivity contribution in [1.29, 1.82) is 0 Å². The molecule has 3 rings (SSSR count). The summed E-state index contributed by atoms with van der Waals surface area (Å²) in [6, 6.07) is 21.4. The van der Waals surface area contributed by atoms with Crippen LogP contribution in [0, 0.1) is 6.92 Å². The Labute approximate surface area is 206 Å². The molecule has 2 amide bonds. The first-order valence-corrected chi connectivity index (χ1v) is 12.9. The van der Waals surface area contributed by atoms with Gasteiger partial charge in [-0.05, 0) is 48.7 Å². The predicted octanol–water partition coefficient (Wildman–Crippen LogP) is 3.38. The van der Waals surface area contributed by atoms with Crippen LogP contribution in [-0.2, 0) is 21.2 Å². The molecule has 0 aliphatic carbocycles. The van der Waals surface area contributed by atoms with Crippen LogP contribution in [0.5, 0.6) is 5.75 Å². The van der Waals surface area contributed by atoms with Crippen LogP contribution in [0.3, 0.4) is 0 Å². The van der Waals surface area contributed by atoms with Crippen LogP contribution in [0.15, 0.2) is 72.8 Å². The molecule has 0 saturated heterocycles. The van der Waals surface area contributed by atoms with Crippen molar-refractivity contribution in [3.63, 3.8) is 0 Å². The largest absolute Gasteiger partial charge is 0.495 e. The lowest BCUT2D eigenvalue weighted by Gasteiger charge is -2.24. The van der Waals surface area contributed by atoms with Crippen LogP contribution in [0.1, 0.15) is 21.5 Å². The number of amides is 2. The van der Waals surface area contributed by atoms with Crippen molar-refractivity contribution < 1.29 is 22.7 Å². The number of nitrogens with zero attached hydrogens (tertiary/aromatic N) is 1. The number of methoxy groups -OCH3 is 1. The first-order valence-electron chi connectivity index (χ1n) is 11.0. The summed E-state index contributed by atoms with van der Waals surface area (Å²) < 4.78 is 31.4. The molecule has 0 aromatic heterocycles. The summed E-state index contributed by atoms with van der Waals surface area (Å²) in [5, 5.41) is 5.54. The Bertz CT molecular complexity index is 1290. The molecule has 0 aliphatic heterocycles. The molecule has 0 saturated carbocycles. The minimum absolute atomic E-state index is 0.261. The molecule has 0 heterocycles. The van der Waals surface area contributed by atoms with Gasteiger partial charge in [0, 0.05) is 6.54 Å². The highest BCUT2D eigenvalue weighted by molar-refractivity contribution is 7.92. The number of carbonyl (C=O) groups is 2. The van der Waals surface area contributed by atoms with Crippen LogP contribution < -0.4 is 19.7 Å². The second-order valence-corrected chi connectivity index (χ2v) is 9.94. The maximum absolute atomic E-state index is 12.9. The van der Waals surface area contributed by atoms with Crippen LogP contribution >= 0.6 is 0 Å². The van der Waals surface area contributed by atoms with Crippen LogP contribution in [-0.4, -0.2) is 46.7 Å². The topological polar surface area (TPSA) is 105 Å². The molecule has 184 valence electrons. The highest BCUT2D eigenvalue weighted by Gasteiger charge is 2.25. The summed E-state index contributed by atoms with van der Waals surface area (Å²) in [7, 11) is -2.37. The fourth-order valence-electron chi connectivity index (χ4n) is 3.55. The third-order valence-corrected chi connectivity index (χ3v) is 6.40. The van der Waals surface area contributed by atoms with E-state index in [9.17, 15) is 18.0 Å². The van der Waals surface area contributed by atoms with Crippen molar-refractivity contribution >= 4 is 33.2 Å². The summed E-state index contributed by atoms with van der Waals surface area (Å²) in [6.45, 7) is 1.76. The van der Waals surface area contributed by atoms with Crippen molar-refractivity contribution in [1.82, 2.24) is 5.32 Å².